The van der Waals surface area contributed by atoms with E-state index in [1.807, 2.05) is 0 Å². The van der Waals surface area contributed by atoms with Gasteiger partial charge in [-0.1, -0.05) is 23.7 Å². The van der Waals surface area contributed by atoms with Gasteiger partial charge in [0.25, 0.3) is 0 Å². The Morgan fingerprint density at radius 1 is 1.09 bits per heavy atom. The van der Waals surface area contributed by atoms with Gasteiger partial charge in [0, 0.05) is 28.4 Å². The summed E-state index contributed by atoms with van der Waals surface area (Å²) in [5.41, 5.74) is 1.62. The van der Waals surface area contributed by atoms with Crippen LogP contribution >= 0.6 is 11.6 Å². The van der Waals surface area contributed by atoms with Gasteiger partial charge in [-0.25, -0.2) is 18.6 Å². The molecule has 2 aliphatic heterocycles. The van der Waals surface area contributed by atoms with Crippen molar-refractivity contribution in [3.63, 3.8) is 0 Å². The van der Waals surface area contributed by atoms with E-state index in [9.17, 15) is 9.59 Å². The standard InChI is InChI=1S/C24H19ClF2N4O4/c1-34-16-8-17(35-2)20(27)22(19(16)26)31-11-13-9-28-23-15(7-18(32)29-23)21(13)30(24(31)33)10-12-4-3-5-14(25)6-12/h3-6,8-9H,7,10-11H2,1-2H3,(H,28,29,32). The van der Waals surface area contributed by atoms with Gasteiger partial charge in [-0.3, -0.25) is 14.6 Å². The number of nitrogens with zero attached hydrogens (tertiary/aromatic N) is 3. The van der Waals surface area contributed by atoms with Crippen molar-refractivity contribution in [3.8, 4) is 11.5 Å². The predicted octanol–water partition coefficient (Wildman–Crippen LogP) is 4.67. The quantitative estimate of drug-likeness (QED) is 0.550. The maximum atomic E-state index is 15.3. The first-order chi connectivity index (χ1) is 16.8. The second kappa shape index (κ2) is 8.70. The number of amides is 3. The van der Waals surface area contributed by atoms with Crippen molar-refractivity contribution in [1.29, 1.82) is 0 Å². The van der Waals surface area contributed by atoms with E-state index < -0.39 is 23.4 Å². The van der Waals surface area contributed by atoms with E-state index in [1.54, 1.807) is 24.3 Å². The van der Waals surface area contributed by atoms with E-state index in [-0.39, 0.29) is 36.9 Å². The number of fused-ring (bicyclic) bond motifs is 3. The van der Waals surface area contributed by atoms with Crippen LogP contribution in [0.2, 0.25) is 5.02 Å². The van der Waals surface area contributed by atoms with Gasteiger partial charge in [0.1, 0.15) is 11.5 Å². The van der Waals surface area contributed by atoms with E-state index in [1.165, 1.54) is 25.3 Å². The molecule has 0 spiro atoms. The second-order valence-corrected chi connectivity index (χ2v) is 8.46. The van der Waals surface area contributed by atoms with Crippen LogP contribution in [0.3, 0.4) is 0 Å². The molecule has 180 valence electrons. The third-order valence-electron chi connectivity index (χ3n) is 5.93. The van der Waals surface area contributed by atoms with Crippen molar-refractivity contribution in [2.45, 2.75) is 19.5 Å². The highest BCUT2D eigenvalue weighted by atomic mass is 35.5. The summed E-state index contributed by atoms with van der Waals surface area (Å²) in [6.45, 7) is -0.142. The van der Waals surface area contributed by atoms with Crippen LogP contribution in [-0.2, 0) is 24.3 Å². The monoisotopic (exact) mass is 500 g/mol. The molecule has 2 aliphatic rings. The fraction of sp³-hybridized carbons (Fsp3) is 0.208. The van der Waals surface area contributed by atoms with Crippen LogP contribution < -0.4 is 24.6 Å². The number of hydrogen-bond donors (Lipinski definition) is 1. The van der Waals surface area contributed by atoms with Crippen LogP contribution in [-0.4, -0.2) is 31.1 Å². The molecule has 2 aromatic carbocycles. The first-order valence-electron chi connectivity index (χ1n) is 10.6. The Hall–Kier alpha value is -3.92. The molecule has 3 aromatic rings. The zero-order valence-electron chi connectivity index (χ0n) is 18.7. The van der Waals surface area contributed by atoms with Gasteiger partial charge >= 0.3 is 6.03 Å². The highest BCUT2D eigenvalue weighted by molar-refractivity contribution is 6.30. The minimum atomic E-state index is -1.05. The number of rotatable bonds is 5. The number of methoxy groups -OCH3 is 2. The average Bonchev–Trinajstić information content (AvgIpc) is 3.22. The molecule has 11 heteroatoms. The maximum Gasteiger partial charge on any atom is 0.329 e. The number of nitrogens with one attached hydrogen (secondary N) is 1. The summed E-state index contributed by atoms with van der Waals surface area (Å²) < 4.78 is 40.8. The maximum absolute atomic E-state index is 15.3. The molecule has 0 unspecified atom stereocenters. The van der Waals surface area contributed by atoms with E-state index in [4.69, 9.17) is 21.1 Å². The molecule has 0 radical (unpaired) electrons. The van der Waals surface area contributed by atoms with Gasteiger partial charge in [0.2, 0.25) is 5.91 Å². The molecular weight excluding hydrogens is 482 g/mol. The summed E-state index contributed by atoms with van der Waals surface area (Å²) in [6, 6.07) is 7.27. The number of pyridine rings is 1. The van der Waals surface area contributed by atoms with Gasteiger partial charge in [-0.2, -0.15) is 0 Å². The zero-order valence-corrected chi connectivity index (χ0v) is 19.4. The lowest BCUT2D eigenvalue weighted by Crippen LogP contribution is -2.48. The van der Waals surface area contributed by atoms with Crippen molar-refractivity contribution in [3.05, 3.63) is 69.9 Å². The fourth-order valence-electron chi connectivity index (χ4n) is 4.38. The molecule has 0 aliphatic carbocycles. The highest BCUT2D eigenvalue weighted by Gasteiger charge is 2.40. The number of benzene rings is 2. The molecular formula is C24H19ClF2N4O4. The molecule has 0 atom stereocenters. The average molecular weight is 501 g/mol. The third kappa shape index (κ3) is 3.79. The van der Waals surface area contributed by atoms with E-state index in [2.05, 4.69) is 10.3 Å². The summed E-state index contributed by atoms with van der Waals surface area (Å²) in [7, 11) is 2.46. The summed E-state index contributed by atoms with van der Waals surface area (Å²) in [5, 5.41) is 3.14. The van der Waals surface area contributed by atoms with Crippen molar-refractivity contribution in [1.82, 2.24) is 4.98 Å². The van der Waals surface area contributed by atoms with Gasteiger partial charge in [0.15, 0.2) is 23.1 Å². The number of halogens is 3. The minimum absolute atomic E-state index is 0.0283. The number of aromatic nitrogens is 1. The first kappa shape index (κ1) is 22.9. The van der Waals surface area contributed by atoms with E-state index in [0.29, 0.717) is 33.2 Å². The Morgan fingerprint density at radius 2 is 1.80 bits per heavy atom. The van der Waals surface area contributed by atoms with Crippen LogP contribution in [0.25, 0.3) is 0 Å². The number of hydrogen-bond acceptors (Lipinski definition) is 5. The zero-order chi connectivity index (χ0) is 24.9. The number of carbonyl (C=O) groups excluding carboxylic acids is 2. The molecule has 0 fully saturated rings. The molecule has 8 nitrogen and oxygen atoms in total. The Morgan fingerprint density at radius 3 is 2.46 bits per heavy atom. The lowest BCUT2D eigenvalue weighted by molar-refractivity contribution is -0.115. The van der Waals surface area contributed by atoms with Gasteiger partial charge < -0.3 is 14.8 Å². The number of urea groups is 1. The largest absolute Gasteiger partial charge is 0.493 e. The van der Waals surface area contributed by atoms with Crippen LogP contribution in [0, 0.1) is 11.6 Å². The lowest BCUT2D eigenvalue weighted by Gasteiger charge is -2.38. The van der Waals surface area contributed by atoms with Crippen LogP contribution in [0.4, 0.5) is 30.8 Å². The summed E-state index contributed by atoms with van der Waals surface area (Å²) in [4.78, 5) is 32.6. The SMILES string of the molecule is COc1cc(OC)c(F)c(N2Cc3cnc4c(c3N(Cc3cccc(Cl)c3)C2=O)CC(=O)N4)c1F. The summed E-state index contributed by atoms with van der Waals surface area (Å²) in [6.07, 6.45) is 1.51. The second-order valence-electron chi connectivity index (χ2n) is 8.03. The number of ether oxygens (including phenoxy) is 2. The Labute approximate surface area is 204 Å². The van der Waals surface area contributed by atoms with Crippen molar-refractivity contribution in [2.24, 2.45) is 0 Å². The lowest BCUT2D eigenvalue weighted by atomic mass is 10.0. The first-order valence-corrected chi connectivity index (χ1v) is 10.9. The summed E-state index contributed by atoms with van der Waals surface area (Å²) in [5.74, 6) is -2.55. The number of anilines is 3. The molecule has 1 N–H and O–H groups in total. The Kier molecular flexibility index (Phi) is 5.68. The van der Waals surface area contributed by atoms with Crippen molar-refractivity contribution < 1.29 is 27.8 Å². The molecule has 5 rings (SSSR count). The Balaban J connectivity index is 1.69. The Bertz CT molecular complexity index is 1360. The van der Waals surface area contributed by atoms with Crippen LogP contribution in [0.1, 0.15) is 16.7 Å². The van der Waals surface area contributed by atoms with E-state index in [0.717, 1.165) is 11.0 Å². The van der Waals surface area contributed by atoms with Gasteiger partial charge in [-0.15, -0.1) is 0 Å². The van der Waals surface area contributed by atoms with Gasteiger partial charge in [0.05, 0.1) is 39.4 Å². The topological polar surface area (TPSA) is 84.0 Å². The highest BCUT2D eigenvalue weighted by Crippen LogP contribution is 2.43. The molecule has 3 amide bonds. The minimum Gasteiger partial charge on any atom is -0.493 e. The predicted molar refractivity (Wildman–Crippen MR) is 125 cm³/mol. The third-order valence-corrected chi connectivity index (χ3v) is 6.17. The number of carbonyl (C=O) groups is 2. The smallest absolute Gasteiger partial charge is 0.329 e. The van der Waals surface area contributed by atoms with Crippen molar-refractivity contribution >= 4 is 40.7 Å². The molecule has 1 aromatic heterocycles. The van der Waals surface area contributed by atoms with Crippen LogP contribution in [0.15, 0.2) is 36.5 Å². The summed E-state index contributed by atoms with van der Waals surface area (Å²) >= 11 is 6.14. The molecule has 35 heavy (non-hydrogen) atoms. The molecule has 0 saturated heterocycles. The van der Waals surface area contributed by atoms with Crippen molar-refractivity contribution in [2.75, 3.05) is 29.3 Å². The molecule has 0 bridgehead atoms. The fourth-order valence-corrected chi connectivity index (χ4v) is 4.59. The molecule has 0 saturated carbocycles. The van der Waals surface area contributed by atoms with Crippen LogP contribution in [0.5, 0.6) is 11.5 Å². The van der Waals surface area contributed by atoms with E-state index >= 15 is 8.78 Å². The molecule has 3 heterocycles. The van der Waals surface area contributed by atoms with Gasteiger partial charge in [-0.05, 0) is 17.7 Å². The normalized spacial score (nSPS) is 14.5.